The summed E-state index contributed by atoms with van der Waals surface area (Å²) in [6, 6.07) is 6.05. The van der Waals surface area contributed by atoms with Crippen molar-refractivity contribution in [3.63, 3.8) is 0 Å². The molecule has 2 atom stereocenters. The monoisotopic (exact) mass is 297 g/mol. The third-order valence-corrected chi connectivity index (χ3v) is 4.36. The van der Waals surface area contributed by atoms with Gasteiger partial charge in [0.15, 0.2) is 9.84 Å². The molecular weight excluding hydrogens is 278 g/mol. The zero-order chi connectivity index (χ0) is 14.9. The summed E-state index contributed by atoms with van der Waals surface area (Å²) in [6.07, 6.45) is 1.17. The Balaban J connectivity index is 2.17. The van der Waals surface area contributed by atoms with Crippen LogP contribution < -0.4 is 0 Å². The average Bonchev–Trinajstić information content (AvgIpc) is 2.36. The minimum atomic E-state index is -3.23. The number of nitrogens with zero attached hydrogens (tertiary/aromatic N) is 1. The predicted molar refractivity (Wildman–Crippen MR) is 75.5 cm³/mol. The third kappa shape index (κ3) is 3.37. The number of rotatable bonds is 2. The van der Waals surface area contributed by atoms with Crippen LogP contribution in [0.3, 0.4) is 0 Å². The number of hydrogen-bond donors (Lipinski definition) is 0. The van der Waals surface area contributed by atoms with E-state index in [-0.39, 0.29) is 23.0 Å². The molecule has 1 aliphatic rings. The molecule has 1 heterocycles. The van der Waals surface area contributed by atoms with Crippen LogP contribution in [0.1, 0.15) is 24.2 Å². The number of benzene rings is 1. The van der Waals surface area contributed by atoms with Crippen LogP contribution in [0.15, 0.2) is 29.2 Å². The van der Waals surface area contributed by atoms with Crippen molar-refractivity contribution in [3.8, 4) is 0 Å². The number of ether oxygens (including phenoxy) is 1. The van der Waals surface area contributed by atoms with Crippen molar-refractivity contribution in [1.82, 2.24) is 4.90 Å². The van der Waals surface area contributed by atoms with E-state index < -0.39 is 9.84 Å². The molecule has 0 aliphatic carbocycles. The van der Waals surface area contributed by atoms with Crippen molar-refractivity contribution in [2.75, 3.05) is 19.3 Å². The minimum absolute atomic E-state index is 0.0120. The van der Waals surface area contributed by atoms with Crippen molar-refractivity contribution < 1.29 is 17.9 Å². The fourth-order valence-corrected chi connectivity index (χ4v) is 3.00. The summed E-state index contributed by atoms with van der Waals surface area (Å²) < 4.78 is 28.4. The van der Waals surface area contributed by atoms with Crippen LogP contribution in [0.5, 0.6) is 0 Å². The lowest BCUT2D eigenvalue weighted by molar-refractivity contribution is -0.0586. The molecule has 1 fully saturated rings. The predicted octanol–water partition coefficient (Wildman–Crippen LogP) is 1.34. The van der Waals surface area contributed by atoms with Gasteiger partial charge in [0.25, 0.3) is 5.91 Å². The Kier molecular flexibility index (Phi) is 4.15. The second-order valence-electron chi connectivity index (χ2n) is 5.26. The van der Waals surface area contributed by atoms with Gasteiger partial charge in [-0.3, -0.25) is 4.79 Å². The first-order valence-corrected chi connectivity index (χ1v) is 8.41. The zero-order valence-corrected chi connectivity index (χ0v) is 12.7. The Morgan fingerprint density at radius 1 is 1.15 bits per heavy atom. The molecule has 1 amide bonds. The normalized spacial score (nSPS) is 23.6. The molecular formula is C14H19NO4S. The van der Waals surface area contributed by atoms with Crippen LogP contribution in [0.25, 0.3) is 0 Å². The van der Waals surface area contributed by atoms with Gasteiger partial charge in [-0.1, -0.05) is 0 Å². The maximum absolute atomic E-state index is 12.4. The molecule has 1 aromatic carbocycles. The topological polar surface area (TPSA) is 63.7 Å². The van der Waals surface area contributed by atoms with E-state index in [2.05, 4.69) is 0 Å². The van der Waals surface area contributed by atoms with Gasteiger partial charge in [0.1, 0.15) is 0 Å². The van der Waals surface area contributed by atoms with Crippen LogP contribution >= 0.6 is 0 Å². The Bertz CT molecular complexity index is 584. The number of morpholine rings is 1. The fraction of sp³-hybridized carbons (Fsp3) is 0.500. The van der Waals surface area contributed by atoms with Crippen LogP contribution in [-0.4, -0.2) is 50.8 Å². The second kappa shape index (κ2) is 5.54. The van der Waals surface area contributed by atoms with Crippen LogP contribution in [-0.2, 0) is 14.6 Å². The summed E-state index contributed by atoms with van der Waals surface area (Å²) in [5, 5.41) is 0. The number of amides is 1. The summed E-state index contributed by atoms with van der Waals surface area (Å²) in [5.74, 6) is -0.0907. The quantitative estimate of drug-likeness (QED) is 0.826. The number of carbonyl (C=O) groups is 1. The van der Waals surface area contributed by atoms with Crippen molar-refractivity contribution in [2.24, 2.45) is 0 Å². The SMILES string of the molecule is CC1CN(C(=O)c2ccc(S(C)(=O)=O)cc2)CC(C)O1. The summed E-state index contributed by atoms with van der Waals surface area (Å²) in [5.41, 5.74) is 0.499. The maximum Gasteiger partial charge on any atom is 0.254 e. The highest BCUT2D eigenvalue weighted by molar-refractivity contribution is 7.90. The lowest BCUT2D eigenvalue weighted by Crippen LogP contribution is -2.48. The Morgan fingerprint density at radius 3 is 2.10 bits per heavy atom. The molecule has 2 rings (SSSR count). The van der Waals surface area contributed by atoms with E-state index in [1.165, 1.54) is 12.1 Å². The van der Waals surface area contributed by atoms with E-state index in [0.29, 0.717) is 18.7 Å². The first-order chi connectivity index (χ1) is 9.27. The van der Waals surface area contributed by atoms with Gasteiger partial charge in [-0.15, -0.1) is 0 Å². The highest BCUT2D eigenvalue weighted by Crippen LogP contribution is 2.16. The van der Waals surface area contributed by atoms with E-state index in [1.807, 2.05) is 13.8 Å². The van der Waals surface area contributed by atoms with Crippen molar-refractivity contribution in [1.29, 1.82) is 0 Å². The van der Waals surface area contributed by atoms with Gasteiger partial charge < -0.3 is 9.64 Å². The molecule has 0 N–H and O–H groups in total. The van der Waals surface area contributed by atoms with E-state index in [9.17, 15) is 13.2 Å². The highest BCUT2D eigenvalue weighted by Gasteiger charge is 2.26. The summed E-state index contributed by atoms with van der Waals surface area (Å²) in [6.45, 7) is 4.97. The van der Waals surface area contributed by atoms with Gasteiger partial charge in [-0.05, 0) is 38.1 Å². The van der Waals surface area contributed by atoms with Crippen LogP contribution in [0, 0.1) is 0 Å². The van der Waals surface area contributed by atoms with Gasteiger partial charge >= 0.3 is 0 Å². The third-order valence-electron chi connectivity index (χ3n) is 3.24. The molecule has 0 saturated carbocycles. The van der Waals surface area contributed by atoms with Gasteiger partial charge in [0, 0.05) is 24.9 Å². The molecule has 6 heteroatoms. The molecule has 1 saturated heterocycles. The molecule has 110 valence electrons. The van der Waals surface area contributed by atoms with Crippen LogP contribution in [0.2, 0.25) is 0 Å². The second-order valence-corrected chi connectivity index (χ2v) is 7.28. The van der Waals surface area contributed by atoms with Gasteiger partial charge in [-0.2, -0.15) is 0 Å². The molecule has 0 spiro atoms. The Labute approximate surface area is 119 Å². The average molecular weight is 297 g/mol. The molecule has 1 aromatic rings. The Hall–Kier alpha value is -1.40. The highest BCUT2D eigenvalue weighted by atomic mass is 32.2. The molecule has 2 unspecified atom stereocenters. The van der Waals surface area contributed by atoms with Gasteiger partial charge in [0.2, 0.25) is 0 Å². The standard InChI is InChI=1S/C14H19NO4S/c1-10-8-15(9-11(2)19-10)14(16)12-4-6-13(7-5-12)20(3,17)18/h4-7,10-11H,8-9H2,1-3H3. The molecule has 0 radical (unpaired) electrons. The zero-order valence-electron chi connectivity index (χ0n) is 11.9. The Morgan fingerprint density at radius 2 is 1.65 bits per heavy atom. The fourth-order valence-electron chi connectivity index (χ4n) is 2.37. The number of hydrogen-bond acceptors (Lipinski definition) is 4. The molecule has 1 aliphatic heterocycles. The van der Waals surface area contributed by atoms with E-state index in [4.69, 9.17) is 4.74 Å². The van der Waals surface area contributed by atoms with Crippen LogP contribution in [0.4, 0.5) is 0 Å². The molecule has 5 nitrogen and oxygen atoms in total. The van der Waals surface area contributed by atoms with E-state index in [0.717, 1.165) is 6.26 Å². The lowest BCUT2D eigenvalue weighted by Gasteiger charge is -2.35. The minimum Gasteiger partial charge on any atom is -0.372 e. The number of sulfone groups is 1. The van der Waals surface area contributed by atoms with Crippen molar-refractivity contribution in [3.05, 3.63) is 29.8 Å². The summed E-state index contributed by atoms with van der Waals surface area (Å²) in [7, 11) is -3.23. The van der Waals surface area contributed by atoms with Crippen molar-refractivity contribution >= 4 is 15.7 Å². The number of carbonyl (C=O) groups excluding carboxylic acids is 1. The first kappa shape index (κ1) is 15.0. The smallest absolute Gasteiger partial charge is 0.254 e. The van der Waals surface area contributed by atoms with E-state index >= 15 is 0 Å². The van der Waals surface area contributed by atoms with Gasteiger partial charge in [0.05, 0.1) is 17.1 Å². The molecule has 20 heavy (non-hydrogen) atoms. The lowest BCUT2D eigenvalue weighted by atomic mass is 10.1. The summed E-state index contributed by atoms with van der Waals surface area (Å²) >= 11 is 0. The van der Waals surface area contributed by atoms with Crippen molar-refractivity contribution in [2.45, 2.75) is 31.0 Å². The van der Waals surface area contributed by atoms with Gasteiger partial charge in [-0.25, -0.2) is 8.42 Å². The summed E-state index contributed by atoms with van der Waals surface area (Å²) in [4.78, 5) is 14.3. The molecule has 0 bridgehead atoms. The largest absolute Gasteiger partial charge is 0.372 e. The maximum atomic E-state index is 12.4. The van der Waals surface area contributed by atoms with E-state index in [1.54, 1.807) is 17.0 Å². The first-order valence-electron chi connectivity index (χ1n) is 6.52. The molecule has 0 aromatic heterocycles.